The molecule has 6 aromatic rings. The molecule has 1 aliphatic heterocycles. The Morgan fingerprint density at radius 2 is 0.826 bits per heavy atom. The van der Waals surface area contributed by atoms with Gasteiger partial charge in [0.2, 0.25) is 23.3 Å². The van der Waals surface area contributed by atoms with Crippen LogP contribution >= 0.6 is 0 Å². The summed E-state index contributed by atoms with van der Waals surface area (Å²) in [6, 6.07) is 11.4. The van der Waals surface area contributed by atoms with E-state index in [2.05, 4.69) is 61.9 Å². The number of rotatable bonds is 0. The number of fused-ring (bicyclic) bond motifs is 14. The fraction of sp³-hybridized carbons (Fsp3) is 0.500. The Hall–Kier alpha value is -5.42. The van der Waals surface area contributed by atoms with Crippen LogP contribution in [0.1, 0.15) is 64.2 Å². The fourth-order valence-corrected chi connectivity index (χ4v) is 5.42. The minimum atomic E-state index is 0.482. The van der Waals surface area contributed by atoms with Gasteiger partial charge in [0.1, 0.15) is 22.8 Å². The number of pyridine rings is 2. The second-order valence-corrected chi connectivity index (χ2v) is 11.2. The summed E-state index contributed by atoms with van der Waals surface area (Å²) in [6.07, 6.45) is 10.1. The molecule has 0 unspecified atom stereocenters. The van der Waals surface area contributed by atoms with Gasteiger partial charge in [-0.15, -0.1) is 30.6 Å². The lowest BCUT2D eigenvalue weighted by molar-refractivity contribution is 0.465. The van der Waals surface area contributed by atoms with Gasteiger partial charge in [-0.3, -0.25) is 0 Å². The number of aromatic nitrogens is 18. The van der Waals surface area contributed by atoms with Crippen LogP contribution in [0.3, 0.4) is 0 Å². The summed E-state index contributed by atoms with van der Waals surface area (Å²) < 4.78 is 3.61. The van der Waals surface area contributed by atoms with Gasteiger partial charge >= 0.3 is 0 Å². The van der Waals surface area contributed by atoms with Crippen LogP contribution in [0.2, 0.25) is 0 Å². The molecule has 0 amide bonds. The number of nitrogens with zero attached hydrogens (tertiary/aromatic N) is 18. The molecule has 0 saturated heterocycles. The van der Waals surface area contributed by atoms with E-state index in [1.165, 1.54) is 0 Å². The summed E-state index contributed by atoms with van der Waals surface area (Å²) in [4.78, 5) is 12.8. The van der Waals surface area contributed by atoms with Crippen LogP contribution in [0.25, 0.3) is 46.1 Å². The van der Waals surface area contributed by atoms with Gasteiger partial charge in [-0.25, -0.2) is 19.3 Å². The highest BCUT2D eigenvalue weighted by Crippen LogP contribution is 2.20. The molecular formula is C28H34N18. The Balaban J connectivity index is 1.04. The highest BCUT2D eigenvalue weighted by atomic mass is 15.6. The maximum Gasteiger partial charge on any atom is 0.223 e. The molecule has 0 saturated carbocycles. The summed E-state index contributed by atoms with van der Waals surface area (Å²) in [7, 11) is 0. The van der Waals surface area contributed by atoms with Crippen molar-refractivity contribution in [3.63, 3.8) is 0 Å². The van der Waals surface area contributed by atoms with Crippen LogP contribution in [-0.2, 0) is 26.2 Å². The molecule has 6 aromatic heterocycles. The third-order valence-corrected chi connectivity index (χ3v) is 7.84. The zero-order valence-corrected chi connectivity index (χ0v) is 25.4. The van der Waals surface area contributed by atoms with Crippen molar-refractivity contribution in [1.82, 2.24) is 90.8 Å². The predicted octanol–water partition coefficient (Wildman–Crippen LogP) is 2.71. The lowest BCUT2D eigenvalue weighted by Gasteiger charge is -2.06. The molecule has 0 radical (unpaired) electrons. The Kier molecular flexibility index (Phi) is 9.00. The molecule has 0 spiro atoms. The number of tetrazole rings is 4. The third kappa shape index (κ3) is 6.94. The minimum Gasteiger partial charge on any atom is -0.241 e. The maximum absolute atomic E-state index is 4.75. The topological polar surface area (TPSA) is 200 Å². The quantitative estimate of drug-likeness (QED) is 0.239. The monoisotopic (exact) mass is 622 g/mol. The van der Waals surface area contributed by atoms with Gasteiger partial charge < -0.3 is 0 Å². The molecule has 18 heteroatoms. The van der Waals surface area contributed by atoms with E-state index in [-0.39, 0.29) is 0 Å². The summed E-state index contributed by atoms with van der Waals surface area (Å²) in [6.45, 7) is 2.78. The van der Waals surface area contributed by atoms with Crippen molar-refractivity contribution in [1.29, 1.82) is 0 Å². The average Bonchev–Trinajstić information content (AvgIpc) is 3.91. The first-order valence-electron chi connectivity index (χ1n) is 15.8. The predicted molar refractivity (Wildman–Crippen MR) is 162 cm³/mol. The fourth-order valence-electron chi connectivity index (χ4n) is 5.42. The number of hydrogen-bond donors (Lipinski definition) is 0. The van der Waals surface area contributed by atoms with Gasteiger partial charge in [0.15, 0.2) is 0 Å². The molecule has 0 aliphatic carbocycles. The SMILES string of the molecule is c1cc2nc(c1)-c1nnnn1CCCCCCCn1nnc(n1)-c1cccc(n1)-c1nnnn1CCCCCCCn1nnc-2n1. The standard InChI is InChI=1S/C28H34N18/c1-3-7-17-43-27(33-37-41-43)23-15-11-14-22(29-23)26-32-40-46(36-26)20-10-6-2-4-8-18-44-28(34-38-42-44)24-16-12-13-21(30-24)25-31-39-45(35-25)19-9-5-1/h11-16H,1-10,17-20H2. The first-order chi connectivity index (χ1) is 22.8. The van der Waals surface area contributed by atoms with Gasteiger partial charge in [0, 0.05) is 13.1 Å². The molecule has 0 fully saturated rings. The van der Waals surface area contributed by atoms with E-state index >= 15 is 0 Å². The zero-order chi connectivity index (χ0) is 31.0. The Bertz CT molecular complexity index is 1720. The Morgan fingerprint density at radius 3 is 1.30 bits per heavy atom. The molecule has 0 aromatic carbocycles. The number of hydrogen-bond acceptors (Lipinski definition) is 14. The van der Waals surface area contributed by atoms with Gasteiger partial charge in [0.25, 0.3) is 0 Å². The van der Waals surface area contributed by atoms with Crippen LogP contribution in [-0.4, -0.2) is 90.8 Å². The van der Waals surface area contributed by atoms with E-state index in [9.17, 15) is 0 Å². The summed E-state index contributed by atoms with van der Waals surface area (Å²) in [5.41, 5.74) is 2.62. The molecule has 236 valence electrons. The van der Waals surface area contributed by atoms with E-state index in [1.807, 2.05) is 36.4 Å². The van der Waals surface area contributed by atoms with Crippen LogP contribution in [0.5, 0.6) is 0 Å². The minimum absolute atomic E-state index is 0.482. The lowest BCUT2D eigenvalue weighted by Crippen LogP contribution is -2.05. The molecule has 0 N–H and O–H groups in total. The van der Waals surface area contributed by atoms with Crippen molar-refractivity contribution in [3.8, 4) is 46.1 Å². The van der Waals surface area contributed by atoms with Gasteiger partial charge in [-0.05, 0) is 81.2 Å². The van der Waals surface area contributed by atoms with Crippen molar-refractivity contribution in [2.45, 2.75) is 90.4 Å². The first kappa shape index (κ1) is 29.3. The normalized spacial score (nSPS) is 15.5. The first-order valence-corrected chi connectivity index (χ1v) is 15.8. The number of aryl methyl sites for hydroxylation is 4. The molecule has 46 heavy (non-hydrogen) atoms. The third-order valence-electron chi connectivity index (χ3n) is 7.84. The van der Waals surface area contributed by atoms with Crippen molar-refractivity contribution >= 4 is 0 Å². The largest absolute Gasteiger partial charge is 0.241 e. The van der Waals surface area contributed by atoms with Gasteiger partial charge in [-0.1, -0.05) is 50.7 Å². The highest BCUT2D eigenvalue weighted by molar-refractivity contribution is 5.57. The van der Waals surface area contributed by atoms with E-state index in [0.717, 1.165) is 64.2 Å². The molecule has 18 nitrogen and oxygen atoms in total. The van der Waals surface area contributed by atoms with Crippen molar-refractivity contribution in [2.75, 3.05) is 0 Å². The van der Waals surface area contributed by atoms with E-state index in [4.69, 9.17) is 9.97 Å². The van der Waals surface area contributed by atoms with Crippen molar-refractivity contribution in [3.05, 3.63) is 36.4 Å². The maximum atomic E-state index is 4.75. The van der Waals surface area contributed by atoms with E-state index < -0.39 is 0 Å². The van der Waals surface area contributed by atoms with Crippen LogP contribution in [0.15, 0.2) is 36.4 Å². The average molecular weight is 623 g/mol. The highest BCUT2D eigenvalue weighted by Gasteiger charge is 2.16. The second-order valence-electron chi connectivity index (χ2n) is 11.2. The molecule has 7 heterocycles. The lowest BCUT2D eigenvalue weighted by atomic mass is 10.1. The second kappa shape index (κ2) is 14.1. The summed E-state index contributed by atoms with van der Waals surface area (Å²) in [5, 5.41) is 50.8. The van der Waals surface area contributed by atoms with Gasteiger partial charge in [-0.2, -0.15) is 9.59 Å². The molecule has 7 rings (SSSR count). The van der Waals surface area contributed by atoms with Crippen molar-refractivity contribution in [2.24, 2.45) is 0 Å². The van der Waals surface area contributed by atoms with Gasteiger partial charge in [0.05, 0.1) is 13.1 Å². The molecule has 1 aliphatic rings. The molecule has 8 bridgehead atoms. The zero-order valence-electron chi connectivity index (χ0n) is 25.4. The van der Waals surface area contributed by atoms with E-state index in [1.54, 1.807) is 19.0 Å². The smallest absolute Gasteiger partial charge is 0.223 e. The summed E-state index contributed by atoms with van der Waals surface area (Å²) >= 11 is 0. The van der Waals surface area contributed by atoms with Crippen LogP contribution in [0, 0.1) is 0 Å². The Labute approximate surface area is 263 Å². The molecular weight excluding hydrogens is 588 g/mol. The molecule has 0 atom stereocenters. The van der Waals surface area contributed by atoms with Crippen molar-refractivity contribution < 1.29 is 0 Å². The summed E-state index contributed by atoms with van der Waals surface area (Å²) in [5.74, 6) is 2.21. The Morgan fingerprint density at radius 1 is 0.413 bits per heavy atom. The van der Waals surface area contributed by atoms with Crippen LogP contribution < -0.4 is 0 Å². The van der Waals surface area contributed by atoms with Crippen LogP contribution in [0.4, 0.5) is 0 Å². The van der Waals surface area contributed by atoms with E-state index in [0.29, 0.717) is 72.3 Å².